The van der Waals surface area contributed by atoms with Crippen LogP contribution >= 0.6 is 11.6 Å². The maximum atomic E-state index is 12.4. The van der Waals surface area contributed by atoms with Gasteiger partial charge in [-0.15, -0.1) is 0 Å². The summed E-state index contributed by atoms with van der Waals surface area (Å²) >= 11 is 5.80. The molecule has 104 valence electrons. The van der Waals surface area contributed by atoms with Gasteiger partial charge in [0, 0.05) is 12.2 Å². The van der Waals surface area contributed by atoms with Gasteiger partial charge in [0.25, 0.3) is 5.91 Å². The minimum absolute atomic E-state index is 0.0309. The third kappa shape index (κ3) is 3.48. The Kier molecular flexibility index (Phi) is 4.44. The molecule has 1 aliphatic rings. The molecule has 0 atom stereocenters. The van der Waals surface area contributed by atoms with Gasteiger partial charge in [-0.25, -0.2) is 0 Å². The van der Waals surface area contributed by atoms with E-state index in [1.54, 1.807) is 12.3 Å². The average molecular weight is 285 g/mol. The Labute approximate surface area is 116 Å². The van der Waals surface area contributed by atoms with Gasteiger partial charge >= 0.3 is 0 Å². The number of amides is 2. The summed E-state index contributed by atoms with van der Waals surface area (Å²) in [4.78, 5) is 27.9. The van der Waals surface area contributed by atoms with Crippen molar-refractivity contribution >= 4 is 23.4 Å². The van der Waals surface area contributed by atoms with Crippen molar-refractivity contribution < 1.29 is 9.59 Å². The fourth-order valence-corrected chi connectivity index (χ4v) is 2.46. The number of halogens is 1. The molecule has 2 amide bonds. The van der Waals surface area contributed by atoms with E-state index in [0.717, 1.165) is 25.9 Å². The molecule has 1 aromatic heterocycles. The van der Waals surface area contributed by atoms with Gasteiger partial charge in [0.05, 0.1) is 11.6 Å². The molecular weight excluding hydrogens is 268 g/mol. The molecule has 4 N–H and O–H groups in total. The molecule has 1 aromatic rings. The summed E-state index contributed by atoms with van der Waals surface area (Å²) in [5.41, 5.74) is 5.62. The molecule has 0 spiro atoms. The number of piperidine rings is 1. The zero-order valence-corrected chi connectivity index (χ0v) is 11.2. The Morgan fingerprint density at radius 1 is 1.42 bits per heavy atom. The monoisotopic (exact) mass is 284 g/mol. The number of nitrogens with one attached hydrogen (secondary N) is 2. The summed E-state index contributed by atoms with van der Waals surface area (Å²) in [6.07, 6.45) is 3.17. The number of carbonyl (C=O) groups excluding carboxylic acids is 2. The van der Waals surface area contributed by atoms with Crippen LogP contribution in [0, 0.1) is 0 Å². The third-order valence-electron chi connectivity index (χ3n) is 3.21. The van der Waals surface area contributed by atoms with E-state index in [-0.39, 0.29) is 18.5 Å². The molecule has 6 nitrogen and oxygen atoms in total. The molecular formula is C12H17ClN4O2. The summed E-state index contributed by atoms with van der Waals surface area (Å²) in [5, 5.41) is 3.69. The van der Waals surface area contributed by atoms with Crippen LogP contribution in [0.5, 0.6) is 0 Å². The van der Waals surface area contributed by atoms with Crippen molar-refractivity contribution in [3.05, 3.63) is 23.0 Å². The lowest BCUT2D eigenvalue weighted by atomic mass is 10.0. The summed E-state index contributed by atoms with van der Waals surface area (Å²) in [5.74, 6) is -0.748. The summed E-state index contributed by atoms with van der Waals surface area (Å²) in [7, 11) is 0. The fraction of sp³-hybridized carbons (Fsp3) is 0.500. The Morgan fingerprint density at radius 2 is 2.11 bits per heavy atom. The summed E-state index contributed by atoms with van der Waals surface area (Å²) in [6.45, 7) is 1.59. The molecule has 0 bridgehead atoms. The largest absolute Gasteiger partial charge is 0.368 e. The van der Waals surface area contributed by atoms with Gasteiger partial charge in [-0.1, -0.05) is 11.6 Å². The number of H-pyrrole nitrogens is 1. The highest BCUT2D eigenvalue weighted by molar-refractivity contribution is 6.30. The number of hydrogen-bond donors (Lipinski definition) is 3. The second-order valence-corrected chi connectivity index (χ2v) is 5.05. The van der Waals surface area contributed by atoms with Gasteiger partial charge in [0.2, 0.25) is 5.91 Å². The molecule has 0 aromatic carbocycles. The van der Waals surface area contributed by atoms with Crippen molar-refractivity contribution in [2.45, 2.75) is 18.9 Å². The molecule has 1 aliphatic heterocycles. The maximum absolute atomic E-state index is 12.4. The minimum Gasteiger partial charge on any atom is -0.368 e. The predicted molar refractivity (Wildman–Crippen MR) is 71.9 cm³/mol. The second-order valence-electron chi connectivity index (χ2n) is 4.61. The van der Waals surface area contributed by atoms with Crippen LogP contribution in [0.15, 0.2) is 12.3 Å². The van der Waals surface area contributed by atoms with E-state index in [2.05, 4.69) is 10.3 Å². The topological polar surface area (TPSA) is 91.2 Å². The van der Waals surface area contributed by atoms with Gasteiger partial charge in [0.1, 0.15) is 5.69 Å². The highest BCUT2D eigenvalue weighted by Crippen LogP contribution is 2.17. The second kappa shape index (κ2) is 6.08. The minimum atomic E-state index is -0.510. The predicted octanol–water partition coefficient (Wildman–Crippen LogP) is 0.348. The van der Waals surface area contributed by atoms with Crippen molar-refractivity contribution in [2.75, 3.05) is 19.6 Å². The highest BCUT2D eigenvalue weighted by atomic mass is 35.5. The van der Waals surface area contributed by atoms with Crippen molar-refractivity contribution in [1.29, 1.82) is 0 Å². The van der Waals surface area contributed by atoms with Crippen LogP contribution in [0.25, 0.3) is 0 Å². The molecule has 0 saturated carbocycles. The van der Waals surface area contributed by atoms with E-state index < -0.39 is 5.91 Å². The van der Waals surface area contributed by atoms with Crippen LogP contribution in [0.2, 0.25) is 5.02 Å². The Bertz CT molecular complexity index is 468. The Hall–Kier alpha value is -1.53. The van der Waals surface area contributed by atoms with E-state index in [1.165, 1.54) is 4.90 Å². The zero-order chi connectivity index (χ0) is 13.8. The average Bonchev–Trinajstić information content (AvgIpc) is 2.83. The van der Waals surface area contributed by atoms with E-state index in [9.17, 15) is 9.59 Å². The molecule has 19 heavy (non-hydrogen) atoms. The van der Waals surface area contributed by atoms with Crippen LogP contribution in [-0.2, 0) is 4.79 Å². The van der Waals surface area contributed by atoms with Gasteiger partial charge in [0.15, 0.2) is 0 Å². The van der Waals surface area contributed by atoms with Crippen molar-refractivity contribution in [2.24, 2.45) is 5.73 Å². The van der Waals surface area contributed by atoms with Crippen molar-refractivity contribution in [1.82, 2.24) is 15.2 Å². The number of aromatic amines is 1. The summed E-state index contributed by atoms with van der Waals surface area (Å²) < 4.78 is 0. The highest BCUT2D eigenvalue weighted by Gasteiger charge is 2.28. The Balaban J connectivity index is 2.16. The molecule has 1 saturated heterocycles. The van der Waals surface area contributed by atoms with Crippen molar-refractivity contribution in [3.8, 4) is 0 Å². The number of aromatic nitrogens is 1. The lowest BCUT2D eigenvalue weighted by molar-refractivity contribution is -0.119. The van der Waals surface area contributed by atoms with E-state index >= 15 is 0 Å². The number of nitrogens with zero attached hydrogens (tertiary/aromatic N) is 1. The first-order valence-corrected chi connectivity index (χ1v) is 6.59. The van der Waals surface area contributed by atoms with E-state index in [1.807, 2.05) is 0 Å². The van der Waals surface area contributed by atoms with Gasteiger partial charge in [-0.3, -0.25) is 9.59 Å². The third-order valence-corrected chi connectivity index (χ3v) is 3.43. The smallest absolute Gasteiger partial charge is 0.271 e. The fourth-order valence-electron chi connectivity index (χ4n) is 2.30. The molecule has 0 unspecified atom stereocenters. The first kappa shape index (κ1) is 13.9. The quantitative estimate of drug-likeness (QED) is 0.745. The molecule has 2 heterocycles. The first-order valence-electron chi connectivity index (χ1n) is 6.22. The molecule has 2 rings (SSSR count). The van der Waals surface area contributed by atoms with Crippen LogP contribution in [0.3, 0.4) is 0 Å². The van der Waals surface area contributed by atoms with Gasteiger partial charge in [-0.05, 0) is 32.0 Å². The Morgan fingerprint density at radius 3 is 2.63 bits per heavy atom. The number of carbonyl (C=O) groups is 2. The SMILES string of the molecule is NC(=O)CN(C(=O)c1cc(Cl)c[nH]1)C1CCNCC1. The standard InChI is InChI=1S/C12H17ClN4O2/c13-8-5-10(16-6-8)12(19)17(7-11(14)18)9-1-3-15-4-2-9/h5-6,9,15-16H,1-4,7H2,(H2,14,18). The first-order chi connectivity index (χ1) is 9.08. The normalized spacial score (nSPS) is 16.3. The number of nitrogens with two attached hydrogens (primary N) is 1. The van der Waals surface area contributed by atoms with E-state index in [4.69, 9.17) is 17.3 Å². The van der Waals surface area contributed by atoms with Crippen LogP contribution in [-0.4, -0.2) is 47.4 Å². The maximum Gasteiger partial charge on any atom is 0.271 e. The van der Waals surface area contributed by atoms with Crippen LogP contribution < -0.4 is 11.1 Å². The number of primary amides is 1. The molecule has 0 radical (unpaired) electrons. The zero-order valence-electron chi connectivity index (χ0n) is 10.5. The van der Waals surface area contributed by atoms with Gasteiger partial charge < -0.3 is 20.9 Å². The van der Waals surface area contributed by atoms with Gasteiger partial charge in [-0.2, -0.15) is 0 Å². The molecule has 0 aliphatic carbocycles. The summed E-state index contributed by atoms with van der Waals surface area (Å²) in [6, 6.07) is 1.59. The van der Waals surface area contributed by atoms with Crippen molar-refractivity contribution in [3.63, 3.8) is 0 Å². The lowest BCUT2D eigenvalue weighted by Gasteiger charge is -2.33. The number of hydrogen-bond acceptors (Lipinski definition) is 3. The molecule has 7 heteroatoms. The molecule has 1 fully saturated rings. The van der Waals surface area contributed by atoms with Crippen LogP contribution in [0.4, 0.5) is 0 Å². The van der Waals surface area contributed by atoms with Crippen LogP contribution in [0.1, 0.15) is 23.3 Å². The number of rotatable bonds is 4. The van der Waals surface area contributed by atoms with E-state index in [0.29, 0.717) is 10.7 Å². The lowest BCUT2D eigenvalue weighted by Crippen LogP contribution is -2.49.